The maximum absolute atomic E-state index is 13.3. The minimum atomic E-state index is -1.03. The second-order valence-electron chi connectivity index (χ2n) is 4.88. The molecule has 1 heterocycles. The molecule has 8 nitrogen and oxygen atoms in total. The molecule has 0 atom stereocenters. The van der Waals surface area contributed by atoms with Gasteiger partial charge in [-0.15, -0.1) is 0 Å². The van der Waals surface area contributed by atoms with Gasteiger partial charge in [-0.05, 0) is 26.0 Å². The Kier molecular flexibility index (Phi) is 4.21. The average molecular weight is 320 g/mol. The minimum absolute atomic E-state index is 0.0457. The molecule has 0 saturated heterocycles. The van der Waals surface area contributed by atoms with E-state index in [2.05, 4.69) is 10.4 Å². The van der Waals surface area contributed by atoms with Crippen molar-refractivity contribution >= 4 is 23.1 Å². The zero-order chi connectivity index (χ0) is 17.3. The summed E-state index contributed by atoms with van der Waals surface area (Å²) in [6.07, 6.45) is 0. The highest BCUT2D eigenvalue weighted by atomic mass is 19.1. The molecule has 0 aliphatic rings. The Morgan fingerprint density at radius 1 is 1.35 bits per heavy atom. The Bertz CT molecular complexity index is 828. The number of anilines is 1. The summed E-state index contributed by atoms with van der Waals surface area (Å²) >= 11 is 0. The number of aryl methyl sites for hydroxylation is 2. The van der Waals surface area contributed by atoms with Crippen molar-refractivity contribution < 1.29 is 18.9 Å². The van der Waals surface area contributed by atoms with Crippen LogP contribution < -0.4 is 5.32 Å². The van der Waals surface area contributed by atoms with Gasteiger partial charge in [0, 0.05) is 24.5 Å². The molecular weight excluding hydrogens is 307 g/mol. The zero-order valence-electron chi connectivity index (χ0n) is 12.6. The lowest BCUT2D eigenvalue weighted by molar-refractivity contribution is -0.387. The molecule has 0 bridgehead atoms. The van der Waals surface area contributed by atoms with E-state index in [9.17, 15) is 24.1 Å². The third-order valence-electron chi connectivity index (χ3n) is 3.34. The second kappa shape index (κ2) is 5.95. The maximum Gasteiger partial charge on any atom is 0.306 e. The van der Waals surface area contributed by atoms with Gasteiger partial charge in [0.05, 0.1) is 16.2 Å². The Balaban J connectivity index is 2.27. The normalized spacial score (nSPS) is 10.4. The van der Waals surface area contributed by atoms with Gasteiger partial charge in [0.25, 0.3) is 11.7 Å². The van der Waals surface area contributed by atoms with Crippen LogP contribution in [0.1, 0.15) is 21.7 Å². The average Bonchev–Trinajstić information content (AvgIpc) is 2.73. The molecule has 0 saturated carbocycles. The summed E-state index contributed by atoms with van der Waals surface area (Å²) in [6, 6.07) is 2.83. The molecule has 0 spiro atoms. The van der Waals surface area contributed by atoms with Gasteiger partial charge in [0.15, 0.2) is 0 Å². The van der Waals surface area contributed by atoms with Crippen molar-refractivity contribution in [2.45, 2.75) is 13.8 Å². The Labute approximate surface area is 130 Å². The van der Waals surface area contributed by atoms with E-state index in [1.807, 2.05) is 0 Å². The predicted molar refractivity (Wildman–Crippen MR) is 78.7 cm³/mol. The van der Waals surface area contributed by atoms with Crippen molar-refractivity contribution in [3.05, 3.63) is 51.1 Å². The molecule has 0 radical (unpaired) electrons. The summed E-state index contributed by atoms with van der Waals surface area (Å²) in [7, 11) is 1.64. The Morgan fingerprint density at radius 2 is 2.00 bits per heavy atom. The molecule has 23 heavy (non-hydrogen) atoms. The van der Waals surface area contributed by atoms with Gasteiger partial charge >= 0.3 is 5.69 Å². The van der Waals surface area contributed by atoms with Crippen molar-refractivity contribution in [1.29, 1.82) is 0 Å². The molecule has 0 fully saturated rings. The smallest absolute Gasteiger partial charge is 0.306 e. The van der Waals surface area contributed by atoms with Gasteiger partial charge in [-0.3, -0.25) is 24.4 Å². The number of ketones is 1. The summed E-state index contributed by atoms with van der Waals surface area (Å²) in [4.78, 5) is 34.0. The van der Waals surface area contributed by atoms with Crippen LogP contribution in [0.3, 0.4) is 0 Å². The van der Waals surface area contributed by atoms with Crippen LogP contribution >= 0.6 is 0 Å². The molecule has 1 amide bonds. The van der Waals surface area contributed by atoms with E-state index < -0.39 is 28.1 Å². The molecule has 0 unspecified atom stereocenters. The van der Waals surface area contributed by atoms with Crippen LogP contribution in [-0.4, -0.2) is 26.4 Å². The molecule has 1 N–H and O–H groups in total. The summed E-state index contributed by atoms with van der Waals surface area (Å²) in [5.41, 5.74) is 0.254. The number of carbonyl (C=O) groups is 2. The Hall–Kier alpha value is -3.10. The van der Waals surface area contributed by atoms with E-state index in [-0.39, 0.29) is 11.3 Å². The van der Waals surface area contributed by atoms with Crippen LogP contribution in [-0.2, 0) is 11.8 Å². The third-order valence-corrected chi connectivity index (χ3v) is 3.34. The number of aromatic nitrogens is 2. The van der Waals surface area contributed by atoms with E-state index in [4.69, 9.17) is 0 Å². The number of carbonyl (C=O) groups excluding carboxylic acids is 2. The highest BCUT2D eigenvalue weighted by Gasteiger charge is 2.24. The fourth-order valence-corrected chi connectivity index (χ4v) is 2.13. The van der Waals surface area contributed by atoms with Gasteiger partial charge in [-0.1, -0.05) is 0 Å². The lowest BCUT2D eigenvalue weighted by Gasteiger charge is -2.05. The van der Waals surface area contributed by atoms with Crippen LogP contribution in [0.25, 0.3) is 0 Å². The van der Waals surface area contributed by atoms with E-state index in [1.54, 1.807) is 20.9 Å². The first-order valence-electron chi connectivity index (χ1n) is 6.52. The van der Waals surface area contributed by atoms with Crippen LogP contribution in [0, 0.1) is 29.8 Å². The number of amides is 1. The lowest BCUT2D eigenvalue weighted by atomic mass is 10.1. The van der Waals surface area contributed by atoms with Crippen molar-refractivity contribution in [1.82, 2.24) is 9.78 Å². The molecule has 2 rings (SSSR count). The van der Waals surface area contributed by atoms with Crippen LogP contribution in [0.4, 0.5) is 15.8 Å². The largest absolute Gasteiger partial charge is 0.319 e. The molecular formula is C14H13FN4O4. The van der Waals surface area contributed by atoms with E-state index in [0.717, 1.165) is 18.2 Å². The van der Waals surface area contributed by atoms with E-state index >= 15 is 0 Å². The summed E-state index contributed by atoms with van der Waals surface area (Å²) in [5.74, 6) is -2.83. The highest BCUT2D eigenvalue weighted by Crippen LogP contribution is 2.22. The number of benzene rings is 1. The number of hydrogen-bond donors (Lipinski definition) is 1. The Morgan fingerprint density at radius 3 is 2.52 bits per heavy atom. The fraction of sp³-hybridized carbons (Fsp3) is 0.214. The van der Waals surface area contributed by atoms with Gasteiger partial charge in [-0.2, -0.15) is 9.49 Å². The van der Waals surface area contributed by atoms with Gasteiger partial charge in [0.1, 0.15) is 0 Å². The molecule has 0 aliphatic heterocycles. The van der Waals surface area contributed by atoms with Gasteiger partial charge < -0.3 is 5.32 Å². The summed E-state index contributed by atoms with van der Waals surface area (Å²) in [6.45, 7) is 3.24. The second-order valence-corrected chi connectivity index (χ2v) is 4.88. The minimum Gasteiger partial charge on any atom is -0.319 e. The van der Waals surface area contributed by atoms with E-state index in [0.29, 0.717) is 11.4 Å². The van der Waals surface area contributed by atoms with Crippen LogP contribution in [0.15, 0.2) is 18.2 Å². The van der Waals surface area contributed by atoms with Gasteiger partial charge in [0.2, 0.25) is 5.82 Å². The maximum atomic E-state index is 13.3. The number of nitrogens with zero attached hydrogens (tertiary/aromatic N) is 3. The first kappa shape index (κ1) is 16.3. The number of nitro groups is 1. The number of Topliss-reactive ketones (excluding diaryl/α,β-unsaturated/α-hetero) is 1. The summed E-state index contributed by atoms with van der Waals surface area (Å²) in [5, 5.41) is 17.0. The van der Waals surface area contributed by atoms with Crippen molar-refractivity contribution in [2.75, 3.05) is 5.32 Å². The number of halogens is 1. The standard InChI is InChI=1S/C14H13FN4O4/c1-7-12(8(2)18(3)17-7)13(20)14(21)16-9-4-5-10(15)11(6-9)19(22)23/h4-6H,1-3H3,(H,16,21). The first-order chi connectivity index (χ1) is 10.7. The molecule has 2 aromatic rings. The first-order valence-corrected chi connectivity index (χ1v) is 6.52. The molecule has 1 aromatic carbocycles. The van der Waals surface area contributed by atoms with Crippen molar-refractivity contribution in [3.8, 4) is 0 Å². The third kappa shape index (κ3) is 3.07. The number of hydrogen-bond acceptors (Lipinski definition) is 5. The van der Waals surface area contributed by atoms with Crippen molar-refractivity contribution in [2.24, 2.45) is 7.05 Å². The fourth-order valence-electron chi connectivity index (χ4n) is 2.13. The van der Waals surface area contributed by atoms with E-state index in [1.165, 1.54) is 4.68 Å². The molecule has 120 valence electrons. The lowest BCUT2D eigenvalue weighted by Crippen LogP contribution is -2.24. The molecule has 1 aromatic heterocycles. The topological polar surface area (TPSA) is 107 Å². The summed E-state index contributed by atoms with van der Waals surface area (Å²) < 4.78 is 14.7. The van der Waals surface area contributed by atoms with Crippen LogP contribution in [0.2, 0.25) is 0 Å². The van der Waals surface area contributed by atoms with Crippen LogP contribution in [0.5, 0.6) is 0 Å². The zero-order valence-corrected chi connectivity index (χ0v) is 12.6. The number of nitrogens with one attached hydrogen (secondary N) is 1. The highest BCUT2D eigenvalue weighted by molar-refractivity contribution is 6.47. The predicted octanol–water partition coefficient (Wildman–Crippen LogP) is 1.91. The number of nitro benzene ring substituents is 1. The monoisotopic (exact) mass is 320 g/mol. The quantitative estimate of drug-likeness (QED) is 0.401. The SMILES string of the molecule is Cc1nn(C)c(C)c1C(=O)C(=O)Nc1ccc(F)c([N+](=O)[O-])c1. The van der Waals surface area contributed by atoms with Crippen molar-refractivity contribution in [3.63, 3.8) is 0 Å². The number of rotatable bonds is 4. The molecule has 9 heteroatoms. The molecule has 0 aliphatic carbocycles. The van der Waals surface area contributed by atoms with Gasteiger partial charge in [-0.25, -0.2) is 0 Å².